The summed E-state index contributed by atoms with van der Waals surface area (Å²) in [4.78, 5) is 14.9. The maximum absolute atomic E-state index is 10.6. The van der Waals surface area contributed by atoms with E-state index in [1.54, 1.807) is 0 Å². The van der Waals surface area contributed by atoms with Crippen molar-refractivity contribution >= 4 is 17.3 Å². The molecule has 0 aliphatic heterocycles. The highest BCUT2D eigenvalue weighted by atomic mass is 32.1. The van der Waals surface area contributed by atoms with Crippen molar-refractivity contribution in [1.29, 1.82) is 0 Å². The summed E-state index contributed by atoms with van der Waals surface area (Å²) in [5, 5.41) is 11.2. The van der Waals surface area contributed by atoms with E-state index in [1.807, 2.05) is 35.7 Å². The fourth-order valence-corrected chi connectivity index (χ4v) is 2.31. The van der Waals surface area contributed by atoms with Crippen molar-refractivity contribution in [1.82, 2.24) is 4.98 Å². The van der Waals surface area contributed by atoms with Gasteiger partial charge < -0.3 is 10.8 Å². The molecule has 0 aliphatic carbocycles. The van der Waals surface area contributed by atoms with Gasteiger partial charge in [0.05, 0.1) is 18.2 Å². The molecule has 0 saturated carbocycles. The third-order valence-electron chi connectivity index (χ3n) is 2.30. The van der Waals surface area contributed by atoms with Crippen LogP contribution in [-0.4, -0.2) is 16.1 Å². The molecule has 2 aromatic rings. The minimum absolute atomic E-state index is 0.0955. The molecule has 0 radical (unpaired) electrons. The molecule has 17 heavy (non-hydrogen) atoms. The lowest BCUT2D eigenvalue weighted by Gasteiger charge is -2.03. The van der Waals surface area contributed by atoms with Crippen molar-refractivity contribution in [3.63, 3.8) is 0 Å². The number of carboxylic acids is 1. The van der Waals surface area contributed by atoms with Gasteiger partial charge in [0, 0.05) is 10.9 Å². The Morgan fingerprint density at radius 1 is 1.41 bits per heavy atom. The van der Waals surface area contributed by atoms with Crippen molar-refractivity contribution in [2.24, 2.45) is 5.73 Å². The van der Waals surface area contributed by atoms with Crippen molar-refractivity contribution in [3.8, 4) is 11.3 Å². The third kappa shape index (κ3) is 2.89. The second-order valence-electron chi connectivity index (χ2n) is 3.64. The highest BCUT2D eigenvalue weighted by Crippen LogP contribution is 2.25. The second kappa shape index (κ2) is 5.07. The first-order valence-corrected chi connectivity index (χ1v) is 6.03. The molecule has 0 spiro atoms. The molecule has 0 amide bonds. The SMILES string of the molecule is NC(CC(=O)O)c1nc(-c2ccccc2)cs1. The summed E-state index contributed by atoms with van der Waals surface area (Å²) in [6, 6.07) is 9.20. The summed E-state index contributed by atoms with van der Waals surface area (Å²) in [6.07, 6.45) is -0.0955. The van der Waals surface area contributed by atoms with Gasteiger partial charge in [-0.05, 0) is 0 Å². The van der Waals surface area contributed by atoms with Crippen molar-refractivity contribution in [2.75, 3.05) is 0 Å². The Morgan fingerprint density at radius 2 is 2.12 bits per heavy atom. The van der Waals surface area contributed by atoms with Crippen LogP contribution in [0.1, 0.15) is 17.5 Å². The van der Waals surface area contributed by atoms with Crippen LogP contribution in [0.3, 0.4) is 0 Å². The van der Waals surface area contributed by atoms with E-state index >= 15 is 0 Å². The highest BCUT2D eigenvalue weighted by Gasteiger charge is 2.14. The van der Waals surface area contributed by atoms with E-state index in [4.69, 9.17) is 10.8 Å². The van der Waals surface area contributed by atoms with Crippen LogP contribution >= 0.6 is 11.3 Å². The number of carbonyl (C=O) groups is 1. The van der Waals surface area contributed by atoms with Crippen molar-refractivity contribution in [3.05, 3.63) is 40.7 Å². The average Bonchev–Trinajstić information content (AvgIpc) is 2.78. The van der Waals surface area contributed by atoms with E-state index in [9.17, 15) is 4.79 Å². The van der Waals surface area contributed by atoms with Gasteiger partial charge in [-0.15, -0.1) is 11.3 Å². The Morgan fingerprint density at radius 3 is 2.76 bits per heavy atom. The van der Waals surface area contributed by atoms with Gasteiger partial charge in [0.1, 0.15) is 5.01 Å². The number of hydrogen-bond acceptors (Lipinski definition) is 4. The molecule has 1 heterocycles. The van der Waals surface area contributed by atoms with Crippen LogP contribution in [0.25, 0.3) is 11.3 Å². The zero-order chi connectivity index (χ0) is 12.3. The zero-order valence-electron chi connectivity index (χ0n) is 9.04. The Kier molecular flexibility index (Phi) is 3.51. The Hall–Kier alpha value is -1.72. The Labute approximate surface area is 103 Å². The van der Waals surface area contributed by atoms with Gasteiger partial charge in [-0.1, -0.05) is 30.3 Å². The molecular formula is C12H12N2O2S. The third-order valence-corrected chi connectivity index (χ3v) is 3.28. The van der Waals surface area contributed by atoms with E-state index in [1.165, 1.54) is 11.3 Å². The van der Waals surface area contributed by atoms with E-state index in [0.717, 1.165) is 11.3 Å². The lowest BCUT2D eigenvalue weighted by Crippen LogP contribution is -2.14. The quantitative estimate of drug-likeness (QED) is 0.870. The van der Waals surface area contributed by atoms with Crippen LogP contribution in [0.2, 0.25) is 0 Å². The number of hydrogen-bond donors (Lipinski definition) is 2. The summed E-state index contributed by atoms with van der Waals surface area (Å²) in [7, 11) is 0. The molecule has 0 bridgehead atoms. The van der Waals surface area contributed by atoms with Crippen LogP contribution in [0.15, 0.2) is 35.7 Å². The highest BCUT2D eigenvalue weighted by molar-refractivity contribution is 7.10. The smallest absolute Gasteiger partial charge is 0.305 e. The van der Waals surface area contributed by atoms with Crippen LogP contribution < -0.4 is 5.73 Å². The van der Waals surface area contributed by atoms with Gasteiger partial charge >= 0.3 is 5.97 Å². The van der Waals surface area contributed by atoms with Gasteiger partial charge in [-0.3, -0.25) is 4.79 Å². The zero-order valence-corrected chi connectivity index (χ0v) is 9.85. The molecule has 88 valence electrons. The molecule has 0 fully saturated rings. The molecular weight excluding hydrogens is 236 g/mol. The minimum atomic E-state index is -0.908. The number of rotatable bonds is 4. The number of nitrogens with zero attached hydrogens (tertiary/aromatic N) is 1. The summed E-state index contributed by atoms with van der Waals surface area (Å²) in [5.74, 6) is -0.908. The van der Waals surface area contributed by atoms with E-state index in [0.29, 0.717) is 5.01 Å². The average molecular weight is 248 g/mol. The minimum Gasteiger partial charge on any atom is -0.481 e. The topological polar surface area (TPSA) is 76.2 Å². The number of thiazole rings is 1. The normalized spacial score (nSPS) is 12.3. The summed E-state index contributed by atoms with van der Waals surface area (Å²) < 4.78 is 0. The van der Waals surface area contributed by atoms with Gasteiger partial charge in [-0.25, -0.2) is 4.98 Å². The predicted molar refractivity (Wildman–Crippen MR) is 66.7 cm³/mol. The number of nitrogens with two attached hydrogens (primary N) is 1. The lowest BCUT2D eigenvalue weighted by molar-refractivity contribution is -0.137. The lowest BCUT2D eigenvalue weighted by atomic mass is 10.2. The van der Waals surface area contributed by atoms with Crippen LogP contribution in [0, 0.1) is 0 Å². The van der Waals surface area contributed by atoms with Crippen LogP contribution in [-0.2, 0) is 4.79 Å². The maximum atomic E-state index is 10.6. The standard InChI is InChI=1S/C12H12N2O2S/c13-9(6-11(15)16)12-14-10(7-17-12)8-4-2-1-3-5-8/h1-5,7,9H,6,13H2,(H,15,16). The van der Waals surface area contributed by atoms with Crippen LogP contribution in [0.4, 0.5) is 0 Å². The second-order valence-corrected chi connectivity index (χ2v) is 4.53. The summed E-state index contributed by atoms with van der Waals surface area (Å²) in [5.41, 5.74) is 7.61. The van der Waals surface area contributed by atoms with Crippen molar-refractivity contribution in [2.45, 2.75) is 12.5 Å². The number of aromatic nitrogens is 1. The monoisotopic (exact) mass is 248 g/mol. The number of carboxylic acid groups (broad SMARTS) is 1. The number of benzene rings is 1. The molecule has 0 aliphatic rings. The molecule has 3 N–H and O–H groups in total. The molecule has 0 saturated heterocycles. The van der Waals surface area contributed by atoms with E-state index < -0.39 is 12.0 Å². The Bertz CT molecular complexity index is 510. The summed E-state index contributed by atoms with van der Waals surface area (Å²) >= 11 is 1.40. The largest absolute Gasteiger partial charge is 0.481 e. The molecule has 1 aromatic heterocycles. The predicted octanol–water partition coefficient (Wildman–Crippen LogP) is 2.28. The molecule has 1 unspecified atom stereocenters. The first kappa shape index (κ1) is 11.8. The molecule has 1 aromatic carbocycles. The maximum Gasteiger partial charge on any atom is 0.305 e. The van der Waals surface area contributed by atoms with Gasteiger partial charge in [0.25, 0.3) is 0 Å². The van der Waals surface area contributed by atoms with Crippen LogP contribution in [0.5, 0.6) is 0 Å². The van der Waals surface area contributed by atoms with Crippen molar-refractivity contribution < 1.29 is 9.90 Å². The fourth-order valence-electron chi connectivity index (χ4n) is 1.47. The first-order valence-electron chi connectivity index (χ1n) is 5.15. The van der Waals surface area contributed by atoms with Gasteiger partial charge in [0.15, 0.2) is 0 Å². The Balaban J connectivity index is 2.19. The molecule has 1 atom stereocenters. The van der Waals surface area contributed by atoms with Gasteiger partial charge in [0.2, 0.25) is 0 Å². The first-order chi connectivity index (χ1) is 8.16. The molecule has 4 nitrogen and oxygen atoms in total. The van der Waals surface area contributed by atoms with Gasteiger partial charge in [-0.2, -0.15) is 0 Å². The molecule has 5 heteroatoms. The van der Waals surface area contributed by atoms with E-state index in [-0.39, 0.29) is 6.42 Å². The summed E-state index contributed by atoms with van der Waals surface area (Å²) in [6.45, 7) is 0. The fraction of sp³-hybridized carbons (Fsp3) is 0.167. The number of aliphatic carboxylic acids is 1. The van der Waals surface area contributed by atoms with E-state index in [2.05, 4.69) is 4.98 Å². The molecule has 2 rings (SSSR count).